The average Bonchev–Trinajstić information content (AvgIpc) is 3.15. The van der Waals surface area contributed by atoms with Gasteiger partial charge in [0.1, 0.15) is 18.8 Å². The number of rotatable bonds is 9. The van der Waals surface area contributed by atoms with E-state index in [0.717, 1.165) is 42.3 Å². The average molecular weight is 446 g/mol. The van der Waals surface area contributed by atoms with Gasteiger partial charge in [-0.05, 0) is 57.6 Å². The van der Waals surface area contributed by atoms with Crippen LogP contribution in [0.4, 0.5) is 0 Å². The van der Waals surface area contributed by atoms with E-state index in [1.54, 1.807) is 0 Å². The number of ether oxygens (including phenoxy) is 3. The van der Waals surface area contributed by atoms with Gasteiger partial charge in [0.25, 0.3) is 0 Å². The van der Waals surface area contributed by atoms with Crippen molar-refractivity contribution < 1.29 is 28.9 Å². The van der Waals surface area contributed by atoms with E-state index in [4.69, 9.17) is 14.2 Å². The minimum Gasteiger partial charge on any atom is -0.504 e. The van der Waals surface area contributed by atoms with Gasteiger partial charge in [0.2, 0.25) is 0 Å². The molecule has 1 saturated heterocycles. The zero-order valence-electron chi connectivity index (χ0n) is 19.7. The van der Waals surface area contributed by atoms with Gasteiger partial charge >= 0.3 is 11.9 Å². The molecule has 7 nitrogen and oxygen atoms in total. The largest absolute Gasteiger partial charge is 0.504 e. The Kier molecular flexibility index (Phi) is 8.18. The minimum absolute atomic E-state index is 0.162. The van der Waals surface area contributed by atoms with Crippen LogP contribution < -0.4 is 4.74 Å². The SMILES string of the molecule is COc1c(O)c2c(c(C)c1C/C=C(\C)CCC(=O)OCCN1CCC[C@H](C)C1)COC2=O. The molecule has 0 spiro atoms. The van der Waals surface area contributed by atoms with Crippen molar-refractivity contribution in [1.29, 1.82) is 0 Å². The molecule has 0 radical (unpaired) electrons. The molecule has 2 heterocycles. The standard InChI is InChI=1S/C25H35NO6/c1-16(8-10-21(27)31-13-12-26-11-5-6-17(2)14-26)7-9-19-18(3)20-15-32-25(29)22(20)23(28)24(19)30-4/h7,17,28H,5-6,8-15H2,1-4H3/b16-7+/t17-/m0/s1. The van der Waals surface area contributed by atoms with Crippen molar-refractivity contribution in [3.8, 4) is 11.5 Å². The number of esters is 2. The normalized spacial score (nSPS) is 18.9. The monoisotopic (exact) mass is 445 g/mol. The lowest BCUT2D eigenvalue weighted by atomic mass is 9.93. The quantitative estimate of drug-likeness (QED) is 0.455. The fourth-order valence-electron chi connectivity index (χ4n) is 4.54. The summed E-state index contributed by atoms with van der Waals surface area (Å²) in [5.41, 5.74) is 3.67. The van der Waals surface area contributed by atoms with Crippen molar-refractivity contribution >= 4 is 11.9 Å². The lowest BCUT2D eigenvalue weighted by molar-refractivity contribution is -0.144. The summed E-state index contributed by atoms with van der Waals surface area (Å²) in [6.07, 6.45) is 6.00. The first-order valence-corrected chi connectivity index (χ1v) is 11.4. The van der Waals surface area contributed by atoms with E-state index in [9.17, 15) is 14.7 Å². The number of allylic oxidation sites excluding steroid dienone is 2. The Morgan fingerprint density at radius 3 is 2.84 bits per heavy atom. The van der Waals surface area contributed by atoms with Crippen LogP contribution in [0.25, 0.3) is 0 Å². The molecule has 176 valence electrons. The number of phenols is 1. The fourth-order valence-corrected chi connectivity index (χ4v) is 4.54. The smallest absolute Gasteiger partial charge is 0.342 e. The number of carbonyl (C=O) groups excluding carboxylic acids is 2. The first kappa shape index (κ1) is 24.1. The van der Waals surface area contributed by atoms with E-state index < -0.39 is 5.97 Å². The Balaban J connectivity index is 1.51. The van der Waals surface area contributed by atoms with Gasteiger partial charge in [0.15, 0.2) is 11.5 Å². The number of fused-ring (bicyclic) bond motifs is 1. The summed E-state index contributed by atoms with van der Waals surface area (Å²) in [4.78, 5) is 26.4. The summed E-state index contributed by atoms with van der Waals surface area (Å²) in [6.45, 7) is 9.73. The number of aromatic hydroxyl groups is 1. The number of cyclic esters (lactones) is 1. The number of methoxy groups -OCH3 is 1. The Morgan fingerprint density at radius 2 is 2.12 bits per heavy atom. The molecule has 0 saturated carbocycles. The van der Waals surface area contributed by atoms with Crippen LogP contribution in [-0.4, -0.2) is 55.3 Å². The van der Waals surface area contributed by atoms with Gasteiger partial charge in [0.05, 0.1) is 7.11 Å². The van der Waals surface area contributed by atoms with Gasteiger partial charge in [-0.1, -0.05) is 18.6 Å². The zero-order chi connectivity index (χ0) is 23.3. The number of carbonyl (C=O) groups is 2. The number of hydrogen-bond acceptors (Lipinski definition) is 7. The second-order valence-electron chi connectivity index (χ2n) is 8.94. The summed E-state index contributed by atoms with van der Waals surface area (Å²) in [6, 6.07) is 0. The van der Waals surface area contributed by atoms with Gasteiger partial charge < -0.3 is 19.3 Å². The molecule has 1 N–H and O–H groups in total. The second kappa shape index (κ2) is 10.9. The van der Waals surface area contributed by atoms with Crippen molar-refractivity contribution in [2.24, 2.45) is 5.92 Å². The first-order chi connectivity index (χ1) is 15.3. The molecular weight excluding hydrogens is 410 g/mol. The summed E-state index contributed by atoms with van der Waals surface area (Å²) in [5, 5.41) is 10.5. The van der Waals surface area contributed by atoms with Crippen molar-refractivity contribution in [1.82, 2.24) is 4.90 Å². The number of piperidine rings is 1. The van der Waals surface area contributed by atoms with E-state index in [1.165, 1.54) is 20.0 Å². The molecule has 7 heteroatoms. The third-order valence-corrected chi connectivity index (χ3v) is 6.48. The van der Waals surface area contributed by atoms with Gasteiger partial charge in [0, 0.05) is 30.6 Å². The summed E-state index contributed by atoms with van der Waals surface area (Å²) >= 11 is 0. The highest BCUT2D eigenvalue weighted by atomic mass is 16.5. The van der Waals surface area contributed by atoms with Crippen LogP contribution in [0, 0.1) is 12.8 Å². The maximum Gasteiger partial charge on any atom is 0.342 e. The van der Waals surface area contributed by atoms with Crippen molar-refractivity contribution in [2.45, 2.75) is 59.5 Å². The molecule has 0 unspecified atom stereocenters. The molecule has 1 fully saturated rings. The molecule has 32 heavy (non-hydrogen) atoms. The van der Waals surface area contributed by atoms with Crippen LogP contribution in [0.15, 0.2) is 11.6 Å². The van der Waals surface area contributed by atoms with Crippen molar-refractivity contribution in [3.63, 3.8) is 0 Å². The van der Waals surface area contributed by atoms with E-state index >= 15 is 0 Å². The molecule has 3 rings (SSSR count). The molecule has 2 aliphatic heterocycles. The van der Waals surface area contributed by atoms with Crippen LogP contribution in [0.3, 0.4) is 0 Å². The Bertz CT molecular complexity index is 891. The summed E-state index contributed by atoms with van der Waals surface area (Å²) in [5.74, 6) is 0.155. The Hall–Kier alpha value is -2.54. The molecule has 0 aliphatic carbocycles. The van der Waals surface area contributed by atoms with Crippen LogP contribution in [0.1, 0.15) is 66.6 Å². The highest BCUT2D eigenvalue weighted by molar-refractivity contribution is 5.98. The predicted molar refractivity (Wildman–Crippen MR) is 121 cm³/mol. The molecule has 1 atom stereocenters. The maximum absolute atomic E-state index is 12.1. The van der Waals surface area contributed by atoms with E-state index in [2.05, 4.69) is 11.8 Å². The lowest BCUT2D eigenvalue weighted by Crippen LogP contribution is -2.36. The summed E-state index contributed by atoms with van der Waals surface area (Å²) in [7, 11) is 1.47. The Labute approximate surface area is 190 Å². The number of nitrogens with zero attached hydrogens (tertiary/aromatic N) is 1. The van der Waals surface area contributed by atoms with Crippen LogP contribution >= 0.6 is 0 Å². The highest BCUT2D eigenvalue weighted by Gasteiger charge is 2.32. The van der Waals surface area contributed by atoms with Crippen molar-refractivity contribution in [3.05, 3.63) is 33.9 Å². The third kappa shape index (κ3) is 5.63. The topological polar surface area (TPSA) is 85.3 Å². The lowest BCUT2D eigenvalue weighted by Gasteiger charge is -2.30. The number of phenolic OH excluding ortho intramolecular Hbond substituents is 1. The van der Waals surface area contributed by atoms with Gasteiger partial charge in [-0.25, -0.2) is 4.79 Å². The zero-order valence-corrected chi connectivity index (χ0v) is 19.7. The highest BCUT2D eigenvalue weighted by Crippen LogP contribution is 2.42. The van der Waals surface area contributed by atoms with E-state index in [0.29, 0.717) is 37.2 Å². The van der Waals surface area contributed by atoms with Crippen molar-refractivity contribution in [2.75, 3.05) is 33.4 Å². The Morgan fingerprint density at radius 1 is 1.34 bits per heavy atom. The molecular formula is C25H35NO6. The van der Waals surface area contributed by atoms with Crippen LogP contribution in [-0.2, 0) is 27.3 Å². The van der Waals surface area contributed by atoms with E-state index in [1.807, 2.05) is 19.9 Å². The molecule has 0 bridgehead atoms. The predicted octanol–water partition coefficient (Wildman–Crippen LogP) is 3.92. The maximum atomic E-state index is 12.1. The molecule has 1 aromatic carbocycles. The number of benzene rings is 1. The number of hydrogen-bond donors (Lipinski definition) is 1. The molecule has 1 aromatic rings. The third-order valence-electron chi connectivity index (χ3n) is 6.48. The molecule has 0 aromatic heterocycles. The van der Waals surface area contributed by atoms with Gasteiger partial charge in [-0.15, -0.1) is 0 Å². The van der Waals surface area contributed by atoms with Gasteiger partial charge in [-0.2, -0.15) is 0 Å². The summed E-state index contributed by atoms with van der Waals surface area (Å²) < 4.78 is 15.9. The molecule has 2 aliphatic rings. The molecule has 0 amide bonds. The first-order valence-electron chi connectivity index (χ1n) is 11.4. The second-order valence-corrected chi connectivity index (χ2v) is 8.94. The van der Waals surface area contributed by atoms with Gasteiger partial charge in [-0.3, -0.25) is 9.69 Å². The minimum atomic E-state index is -0.523. The van der Waals surface area contributed by atoms with Crippen LogP contribution in [0.2, 0.25) is 0 Å². The number of likely N-dealkylation sites (tertiary alicyclic amines) is 1. The van der Waals surface area contributed by atoms with Crippen LogP contribution in [0.5, 0.6) is 11.5 Å². The van der Waals surface area contributed by atoms with E-state index in [-0.39, 0.29) is 23.9 Å². The fraction of sp³-hybridized carbons (Fsp3) is 0.600.